The first-order valence-corrected chi connectivity index (χ1v) is 19.4. The maximum atomic E-state index is 5.11. The highest BCUT2D eigenvalue weighted by atomic mass is 32.1. The Morgan fingerprint density at radius 2 is 0.764 bits per heavy atom. The van der Waals surface area contributed by atoms with Gasteiger partial charge in [-0.05, 0) is 80.9 Å². The molecule has 0 atom stereocenters. The van der Waals surface area contributed by atoms with Gasteiger partial charge in [-0.25, -0.2) is 9.97 Å². The highest BCUT2D eigenvalue weighted by Crippen LogP contribution is 2.45. The zero-order valence-electron chi connectivity index (χ0n) is 29.9. The molecule has 0 saturated carbocycles. The second-order valence-corrected chi connectivity index (χ2v) is 14.8. The Bertz CT molecular complexity index is 2880. The van der Waals surface area contributed by atoms with E-state index in [-0.39, 0.29) is 0 Å². The zero-order valence-corrected chi connectivity index (χ0v) is 30.7. The van der Waals surface area contributed by atoms with Crippen LogP contribution in [0.25, 0.3) is 98.6 Å². The molecule has 0 fully saturated rings. The summed E-state index contributed by atoms with van der Waals surface area (Å²) in [7, 11) is 0. The predicted molar refractivity (Wildman–Crippen MR) is 233 cm³/mol. The standard InChI is InChI=1S/C52H34N2S/c1-5-15-35(16-6-1)42-32-44(51(39-19-9-3-10-20-39)45(33-42)41-29-30-50-46(31-41)43-23-13-14-24-49(43)55-50)36-25-27-38(28-26-36)48-34-47(37-17-7-2-8-18-37)53-52(54-48)40-21-11-4-12-22-40/h1-34H. The minimum absolute atomic E-state index is 0.711. The van der Waals surface area contributed by atoms with Crippen molar-refractivity contribution in [2.24, 2.45) is 0 Å². The molecular weight excluding hydrogens is 685 g/mol. The van der Waals surface area contributed by atoms with E-state index in [0.29, 0.717) is 5.82 Å². The summed E-state index contributed by atoms with van der Waals surface area (Å²) in [6, 6.07) is 73.6. The minimum atomic E-state index is 0.711. The Labute approximate surface area is 324 Å². The molecule has 0 amide bonds. The summed E-state index contributed by atoms with van der Waals surface area (Å²) in [6.07, 6.45) is 0. The monoisotopic (exact) mass is 718 g/mol. The van der Waals surface area contributed by atoms with Gasteiger partial charge in [0.15, 0.2) is 5.82 Å². The van der Waals surface area contributed by atoms with Crippen LogP contribution in [-0.2, 0) is 0 Å². The molecule has 0 N–H and O–H groups in total. The molecule has 8 aromatic carbocycles. The molecule has 0 radical (unpaired) electrons. The van der Waals surface area contributed by atoms with Crippen molar-refractivity contribution in [1.29, 1.82) is 0 Å². The van der Waals surface area contributed by atoms with E-state index in [1.165, 1.54) is 59.1 Å². The summed E-state index contributed by atoms with van der Waals surface area (Å²) in [6.45, 7) is 0. The molecule has 0 unspecified atom stereocenters. The van der Waals surface area contributed by atoms with Crippen LogP contribution in [0.2, 0.25) is 0 Å². The third-order valence-corrected chi connectivity index (χ3v) is 11.5. The van der Waals surface area contributed by atoms with E-state index in [9.17, 15) is 0 Å². The first kappa shape index (κ1) is 32.7. The fraction of sp³-hybridized carbons (Fsp3) is 0. The van der Waals surface area contributed by atoms with Crippen molar-refractivity contribution >= 4 is 31.5 Å². The van der Waals surface area contributed by atoms with Crippen molar-refractivity contribution in [2.45, 2.75) is 0 Å². The number of rotatable bonds is 7. The Hall–Kier alpha value is -6.94. The Morgan fingerprint density at radius 1 is 0.291 bits per heavy atom. The van der Waals surface area contributed by atoms with Crippen LogP contribution in [-0.4, -0.2) is 9.97 Å². The van der Waals surface area contributed by atoms with E-state index in [4.69, 9.17) is 9.97 Å². The third kappa shape index (κ3) is 6.31. The number of thiophene rings is 1. The molecule has 2 aromatic heterocycles. The lowest BCUT2D eigenvalue weighted by molar-refractivity contribution is 1.18. The van der Waals surface area contributed by atoms with Crippen molar-refractivity contribution in [3.05, 3.63) is 206 Å². The molecule has 258 valence electrons. The van der Waals surface area contributed by atoms with Crippen LogP contribution in [0.5, 0.6) is 0 Å². The number of benzene rings is 8. The van der Waals surface area contributed by atoms with Gasteiger partial charge in [0.05, 0.1) is 11.4 Å². The summed E-state index contributed by atoms with van der Waals surface area (Å²) in [5.41, 5.74) is 14.4. The predicted octanol–water partition coefficient (Wildman–Crippen LogP) is 14.5. The molecule has 3 heteroatoms. The minimum Gasteiger partial charge on any atom is -0.228 e. The van der Waals surface area contributed by atoms with E-state index in [0.717, 1.165) is 33.6 Å². The summed E-state index contributed by atoms with van der Waals surface area (Å²) in [5.74, 6) is 0.711. The van der Waals surface area contributed by atoms with E-state index in [2.05, 4.69) is 182 Å². The van der Waals surface area contributed by atoms with E-state index >= 15 is 0 Å². The number of aromatic nitrogens is 2. The first-order chi connectivity index (χ1) is 27.2. The second-order valence-electron chi connectivity index (χ2n) is 13.8. The van der Waals surface area contributed by atoms with Gasteiger partial charge in [-0.2, -0.15) is 0 Å². The van der Waals surface area contributed by atoms with Crippen LogP contribution < -0.4 is 0 Å². The molecule has 2 heterocycles. The second kappa shape index (κ2) is 14.1. The first-order valence-electron chi connectivity index (χ1n) is 18.6. The number of nitrogens with zero attached hydrogens (tertiary/aromatic N) is 2. The third-order valence-electron chi connectivity index (χ3n) is 10.3. The highest BCUT2D eigenvalue weighted by Gasteiger charge is 2.19. The van der Waals surface area contributed by atoms with Gasteiger partial charge in [0, 0.05) is 36.9 Å². The summed E-state index contributed by atoms with van der Waals surface area (Å²) in [5, 5.41) is 2.60. The molecule has 0 aliphatic rings. The summed E-state index contributed by atoms with van der Waals surface area (Å²) in [4.78, 5) is 10.1. The van der Waals surface area contributed by atoms with Crippen LogP contribution >= 0.6 is 11.3 Å². The largest absolute Gasteiger partial charge is 0.228 e. The van der Waals surface area contributed by atoms with Crippen LogP contribution in [0.4, 0.5) is 0 Å². The Morgan fingerprint density at radius 3 is 1.42 bits per heavy atom. The summed E-state index contributed by atoms with van der Waals surface area (Å²) < 4.78 is 2.61. The van der Waals surface area contributed by atoms with Crippen LogP contribution in [0.15, 0.2) is 206 Å². The molecule has 0 bridgehead atoms. The Balaban J connectivity index is 1.17. The molecule has 10 aromatic rings. The van der Waals surface area contributed by atoms with Crippen LogP contribution in [0.1, 0.15) is 0 Å². The van der Waals surface area contributed by atoms with Gasteiger partial charge >= 0.3 is 0 Å². The van der Waals surface area contributed by atoms with Crippen molar-refractivity contribution in [3.8, 4) is 78.4 Å². The van der Waals surface area contributed by atoms with Crippen LogP contribution in [0, 0.1) is 0 Å². The van der Waals surface area contributed by atoms with Gasteiger partial charge in [-0.1, -0.05) is 170 Å². The van der Waals surface area contributed by atoms with E-state index in [1.807, 2.05) is 35.6 Å². The lowest BCUT2D eigenvalue weighted by Gasteiger charge is -2.19. The number of fused-ring (bicyclic) bond motifs is 3. The van der Waals surface area contributed by atoms with Gasteiger partial charge in [-0.15, -0.1) is 11.3 Å². The van der Waals surface area contributed by atoms with Gasteiger partial charge in [0.2, 0.25) is 0 Å². The van der Waals surface area contributed by atoms with Gasteiger partial charge < -0.3 is 0 Å². The fourth-order valence-electron chi connectivity index (χ4n) is 7.59. The van der Waals surface area contributed by atoms with Crippen molar-refractivity contribution < 1.29 is 0 Å². The molecule has 0 aliphatic carbocycles. The average molecular weight is 719 g/mol. The lowest BCUT2D eigenvalue weighted by Crippen LogP contribution is -1.96. The van der Waals surface area contributed by atoms with Gasteiger partial charge in [-0.3, -0.25) is 0 Å². The number of hydrogen-bond donors (Lipinski definition) is 0. The summed E-state index contributed by atoms with van der Waals surface area (Å²) >= 11 is 1.86. The molecule has 2 nitrogen and oxygen atoms in total. The Kier molecular flexibility index (Phi) is 8.40. The SMILES string of the molecule is c1ccc(-c2cc(-c3ccc(-c4cc(-c5ccccc5)nc(-c5ccccc5)n4)cc3)c(-c3ccccc3)c(-c3ccc4sc5ccccc5c4c3)c2)cc1. The van der Waals surface area contributed by atoms with Gasteiger partial charge in [0.1, 0.15) is 0 Å². The van der Waals surface area contributed by atoms with Gasteiger partial charge in [0.25, 0.3) is 0 Å². The normalized spacial score (nSPS) is 11.3. The van der Waals surface area contributed by atoms with E-state index < -0.39 is 0 Å². The van der Waals surface area contributed by atoms with Crippen LogP contribution in [0.3, 0.4) is 0 Å². The smallest absolute Gasteiger partial charge is 0.160 e. The zero-order chi connectivity index (χ0) is 36.6. The quantitative estimate of drug-likeness (QED) is 0.164. The fourth-order valence-corrected chi connectivity index (χ4v) is 8.68. The lowest BCUT2D eigenvalue weighted by atomic mass is 9.84. The maximum Gasteiger partial charge on any atom is 0.160 e. The topological polar surface area (TPSA) is 25.8 Å². The molecule has 55 heavy (non-hydrogen) atoms. The van der Waals surface area contributed by atoms with E-state index in [1.54, 1.807) is 0 Å². The van der Waals surface area contributed by atoms with Crippen molar-refractivity contribution in [3.63, 3.8) is 0 Å². The molecule has 0 saturated heterocycles. The van der Waals surface area contributed by atoms with Crippen molar-refractivity contribution in [2.75, 3.05) is 0 Å². The number of hydrogen-bond acceptors (Lipinski definition) is 3. The van der Waals surface area contributed by atoms with Crippen molar-refractivity contribution in [1.82, 2.24) is 9.97 Å². The molecule has 0 aliphatic heterocycles. The average Bonchev–Trinajstić information content (AvgIpc) is 3.65. The molecule has 10 rings (SSSR count). The maximum absolute atomic E-state index is 5.11. The molecule has 0 spiro atoms. The highest BCUT2D eigenvalue weighted by molar-refractivity contribution is 7.25. The molecular formula is C52H34N2S.